The third-order valence-electron chi connectivity index (χ3n) is 2.91. The van der Waals surface area contributed by atoms with Crippen molar-refractivity contribution in [1.29, 1.82) is 0 Å². The molecule has 1 fully saturated rings. The zero-order valence-electron chi connectivity index (χ0n) is 9.20. The van der Waals surface area contributed by atoms with Crippen molar-refractivity contribution in [2.45, 2.75) is 6.04 Å². The molecule has 1 saturated heterocycles. The highest BCUT2D eigenvalue weighted by molar-refractivity contribution is 5.82. The fourth-order valence-electron chi connectivity index (χ4n) is 2.05. The van der Waals surface area contributed by atoms with Crippen LogP contribution in [0.1, 0.15) is 0 Å². The maximum atomic E-state index is 9.35. The van der Waals surface area contributed by atoms with Gasteiger partial charge in [0.15, 0.2) is 11.5 Å². The number of aromatic nitrogens is 4. The summed E-state index contributed by atoms with van der Waals surface area (Å²) in [6.07, 6.45) is 3.08. The van der Waals surface area contributed by atoms with Crippen LogP contribution in [0.25, 0.3) is 11.2 Å². The molecule has 0 saturated carbocycles. The van der Waals surface area contributed by atoms with Crippen LogP contribution in [0.2, 0.25) is 0 Å². The summed E-state index contributed by atoms with van der Waals surface area (Å²) in [7, 11) is 0. The van der Waals surface area contributed by atoms with Crippen molar-refractivity contribution < 1.29 is 9.84 Å². The molecule has 90 valence electrons. The average Bonchev–Trinajstić information content (AvgIpc) is 2.86. The zero-order valence-corrected chi connectivity index (χ0v) is 9.20. The van der Waals surface area contributed by atoms with E-state index >= 15 is 0 Å². The van der Waals surface area contributed by atoms with Gasteiger partial charge >= 0.3 is 0 Å². The predicted octanol–water partition coefficient (Wildman–Crippen LogP) is -0.450. The summed E-state index contributed by atoms with van der Waals surface area (Å²) in [6.45, 7) is 1.89. The molecule has 0 amide bonds. The maximum Gasteiger partial charge on any atom is 0.182 e. The number of H-pyrrole nitrogens is 1. The second-order valence-corrected chi connectivity index (χ2v) is 3.90. The first-order chi connectivity index (χ1) is 8.40. The lowest BCUT2D eigenvalue weighted by Crippen LogP contribution is -2.48. The van der Waals surface area contributed by atoms with Crippen LogP contribution < -0.4 is 4.90 Å². The molecule has 3 heterocycles. The molecule has 2 N–H and O–H groups in total. The van der Waals surface area contributed by atoms with E-state index < -0.39 is 0 Å². The first-order valence-corrected chi connectivity index (χ1v) is 5.49. The normalized spacial score (nSPS) is 21.0. The van der Waals surface area contributed by atoms with Crippen molar-refractivity contribution in [3.8, 4) is 0 Å². The fourth-order valence-corrected chi connectivity index (χ4v) is 2.05. The van der Waals surface area contributed by atoms with E-state index in [9.17, 15) is 5.11 Å². The second kappa shape index (κ2) is 4.27. The van der Waals surface area contributed by atoms with Crippen LogP contribution in [-0.2, 0) is 4.74 Å². The number of aromatic amines is 1. The molecule has 1 unspecified atom stereocenters. The van der Waals surface area contributed by atoms with Gasteiger partial charge in [-0.1, -0.05) is 0 Å². The molecule has 7 heteroatoms. The number of hydrogen-bond donors (Lipinski definition) is 2. The Hall–Kier alpha value is -1.73. The molecule has 2 aromatic heterocycles. The number of fused-ring (bicyclic) bond motifs is 1. The number of imidazole rings is 1. The van der Waals surface area contributed by atoms with Crippen LogP contribution in [0.5, 0.6) is 0 Å². The Labute approximate surface area is 97.5 Å². The molecule has 3 rings (SSSR count). The summed E-state index contributed by atoms with van der Waals surface area (Å²) < 4.78 is 5.35. The lowest BCUT2D eigenvalue weighted by molar-refractivity contribution is 0.0724. The number of morpholine rings is 1. The van der Waals surface area contributed by atoms with Crippen LogP contribution in [0.4, 0.5) is 5.82 Å². The largest absolute Gasteiger partial charge is 0.394 e. The number of anilines is 1. The molecule has 0 aliphatic carbocycles. The maximum absolute atomic E-state index is 9.35. The number of aliphatic hydroxyl groups excluding tert-OH is 1. The molecule has 1 aliphatic heterocycles. The Morgan fingerprint density at radius 3 is 3.29 bits per heavy atom. The van der Waals surface area contributed by atoms with Crippen molar-refractivity contribution in [1.82, 2.24) is 19.9 Å². The monoisotopic (exact) mass is 235 g/mol. The third-order valence-corrected chi connectivity index (χ3v) is 2.91. The smallest absolute Gasteiger partial charge is 0.182 e. The van der Waals surface area contributed by atoms with E-state index in [1.54, 1.807) is 6.33 Å². The van der Waals surface area contributed by atoms with E-state index in [2.05, 4.69) is 19.9 Å². The van der Waals surface area contributed by atoms with Crippen LogP contribution in [0.3, 0.4) is 0 Å². The number of ether oxygens (including phenoxy) is 1. The highest BCUT2D eigenvalue weighted by atomic mass is 16.5. The molecular weight excluding hydrogens is 222 g/mol. The summed E-state index contributed by atoms with van der Waals surface area (Å²) in [5.41, 5.74) is 1.44. The molecule has 7 nitrogen and oxygen atoms in total. The van der Waals surface area contributed by atoms with Gasteiger partial charge in [-0.15, -0.1) is 0 Å². The van der Waals surface area contributed by atoms with Gasteiger partial charge in [0.05, 0.1) is 32.2 Å². The van der Waals surface area contributed by atoms with E-state index in [1.807, 2.05) is 4.90 Å². The minimum atomic E-state index is -0.0647. The first-order valence-electron chi connectivity index (χ1n) is 5.49. The average molecular weight is 235 g/mol. The van der Waals surface area contributed by atoms with Gasteiger partial charge in [-0.05, 0) is 0 Å². The molecule has 1 atom stereocenters. The van der Waals surface area contributed by atoms with Crippen molar-refractivity contribution in [2.24, 2.45) is 0 Å². The van der Waals surface area contributed by atoms with E-state index in [0.29, 0.717) is 25.4 Å². The number of aliphatic hydroxyl groups is 1. The second-order valence-electron chi connectivity index (χ2n) is 3.90. The third kappa shape index (κ3) is 1.73. The van der Waals surface area contributed by atoms with Gasteiger partial charge < -0.3 is 19.7 Å². The highest BCUT2D eigenvalue weighted by Gasteiger charge is 2.25. The van der Waals surface area contributed by atoms with Gasteiger partial charge in [0, 0.05) is 6.54 Å². The van der Waals surface area contributed by atoms with Crippen molar-refractivity contribution in [2.75, 3.05) is 31.3 Å². The molecule has 1 aliphatic rings. The van der Waals surface area contributed by atoms with Gasteiger partial charge in [-0.25, -0.2) is 15.0 Å². The minimum Gasteiger partial charge on any atom is -0.394 e. The van der Waals surface area contributed by atoms with E-state index in [4.69, 9.17) is 4.74 Å². The Balaban J connectivity index is 2.04. The fraction of sp³-hybridized carbons (Fsp3) is 0.500. The zero-order chi connectivity index (χ0) is 11.7. The summed E-state index contributed by atoms with van der Waals surface area (Å²) in [5.74, 6) is 0.773. The summed E-state index contributed by atoms with van der Waals surface area (Å²) in [5, 5.41) is 9.35. The predicted molar refractivity (Wildman–Crippen MR) is 60.7 cm³/mol. The number of nitrogens with zero attached hydrogens (tertiary/aromatic N) is 4. The molecule has 2 aromatic rings. The Kier molecular flexibility index (Phi) is 2.62. The lowest BCUT2D eigenvalue weighted by Gasteiger charge is -2.35. The van der Waals surface area contributed by atoms with Crippen molar-refractivity contribution in [3.05, 3.63) is 12.7 Å². The molecule has 0 bridgehead atoms. The molecule has 17 heavy (non-hydrogen) atoms. The van der Waals surface area contributed by atoms with Crippen LogP contribution in [0.15, 0.2) is 12.7 Å². The quantitative estimate of drug-likeness (QED) is 0.733. The van der Waals surface area contributed by atoms with Gasteiger partial charge in [0.2, 0.25) is 0 Å². The van der Waals surface area contributed by atoms with Gasteiger partial charge in [-0.2, -0.15) is 0 Å². The molecule has 0 spiro atoms. The first kappa shape index (κ1) is 10.4. The van der Waals surface area contributed by atoms with E-state index in [1.165, 1.54) is 6.33 Å². The van der Waals surface area contributed by atoms with E-state index in [0.717, 1.165) is 11.3 Å². The Morgan fingerprint density at radius 1 is 1.47 bits per heavy atom. The van der Waals surface area contributed by atoms with Crippen LogP contribution in [-0.4, -0.2) is 57.4 Å². The highest BCUT2D eigenvalue weighted by Crippen LogP contribution is 2.23. The van der Waals surface area contributed by atoms with Gasteiger partial charge in [0.1, 0.15) is 11.8 Å². The lowest BCUT2D eigenvalue weighted by atomic mass is 10.2. The SMILES string of the molecule is OCC1COCCN1c1ncnc2nc[nH]c12. The van der Waals surface area contributed by atoms with Gasteiger partial charge in [-0.3, -0.25) is 0 Å². The minimum absolute atomic E-state index is 0.0413. The summed E-state index contributed by atoms with van der Waals surface area (Å²) in [4.78, 5) is 17.5. The summed E-state index contributed by atoms with van der Waals surface area (Å²) >= 11 is 0. The molecule has 0 aromatic carbocycles. The standard InChI is InChI=1S/C10H13N5O2/c16-3-7-4-17-2-1-15(7)10-8-9(12-5-11-8)13-6-14-10/h5-7,16H,1-4H2,(H,11,12,13,14). The Bertz CT molecular complexity index is 514. The van der Waals surface area contributed by atoms with Crippen LogP contribution in [0, 0.1) is 0 Å². The number of hydrogen-bond acceptors (Lipinski definition) is 6. The Morgan fingerprint density at radius 2 is 2.41 bits per heavy atom. The summed E-state index contributed by atoms with van der Waals surface area (Å²) in [6, 6.07) is -0.0647. The number of nitrogens with one attached hydrogen (secondary N) is 1. The van der Waals surface area contributed by atoms with E-state index in [-0.39, 0.29) is 12.6 Å². The van der Waals surface area contributed by atoms with Crippen LogP contribution >= 0.6 is 0 Å². The molecule has 0 radical (unpaired) electrons. The van der Waals surface area contributed by atoms with Gasteiger partial charge in [0.25, 0.3) is 0 Å². The van der Waals surface area contributed by atoms with Crippen molar-refractivity contribution >= 4 is 17.0 Å². The van der Waals surface area contributed by atoms with Crippen molar-refractivity contribution in [3.63, 3.8) is 0 Å². The number of rotatable bonds is 2. The molecular formula is C10H13N5O2. The topological polar surface area (TPSA) is 87.2 Å².